The summed E-state index contributed by atoms with van der Waals surface area (Å²) in [4.78, 5) is 4.47. The Morgan fingerprint density at radius 3 is 2.83 bits per heavy atom. The van der Waals surface area contributed by atoms with Crippen LogP contribution in [0, 0.1) is 0 Å². The predicted molar refractivity (Wildman–Crippen MR) is 79.4 cm³/mol. The Balaban J connectivity index is 2.76. The number of hydrogen-bond donors (Lipinski definition) is 1. The molecule has 18 heavy (non-hydrogen) atoms. The smallest absolute Gasteiger partial charge is 0.142 e. The van der Waals surface area contributed by atoms with Gasteiger partial charge >= 0.3 is 0 Å². The van der Waals surface area contributed by atoms with Crippen LogP contribution < -0.4 is 10.1 Å². The molecule has 0 aliphatic rings. The SMILES string of the molecule is CCNC(CSC(C)CC)c1ncccc1OC. The topological polar surface area (TPSA) is 34.2 Å². The van der Waals surface area contributed by atoms with Gasteiger partial charge in [0.15, 0.2) is 0 Å². The molecule has 102 valence electrons. The van der Waals surface area contributed by atoms with Gasteiger partial charge in [0.2, 0.25) is 0 Å². The van der Waals surface area contributed by atoms with Crippen LogP contribution in [0.15, 0.2) is 18.3 Å². The van der Waals surface area contributed by atoms with Gasteiger partial charge in [-0.2, -0.15) is 11.8 Å². The van der Waals surface area contributed by atoms with E-state index < -0.39 is 0 Å². The lowest BCUT2D eigenvalue weighted by Crippen LogP contribution is -2.25. The van der Waals surface area contributed by atoms with Crippen molar-refractivity contribution in [1.29, 1.82) is 0 Å². The van der Waals surface area contributed by atoms with Crippen LogP contribution in [0.25, 0.3) is 0 Å². The van der Waals surface area contributed by atoms with Crippen molar-refractivity contribution >= 4 is 11.8 Å². The van der Waals surface area contributed by atoms with E-state index >= 15 is 0 Å². The third kappa shape index (κ3) is 4.50. The first-order valence-corrected chi connectivity index (χ1v) is 7.61. The van der Waals surface area contributed by atoms with Crippen molar-refractivity contribution < 1.29 is 4.74 Å². The molecule has 1 aromatic rings. The number of pyridine rings is 1. The standard InChI is InChI=1S/C14H24N2OS/c1-5-11(3)18-10-12(15-6-2)14-13(17-4)8-7-9-16-14/h7-9,11-12,15H,5-6,10H2,1-4H3. The summed E-state index contributed by atoms with van der Waals surface area (Å²) < 4.78 is 5.39. The molecule has 4 heteroatoms. The van der Waals surface area contributed by atoms with Crippen molar-refractivity contribution in [3.8, 4) is 5.75 Å². The predicted octanol–water partition coefficient (Wildman–Crippen LogP) is 3.27. The van der Waals surface area contributed by atoms with Gasteiger partial charge in [0.05, 0.1) is 18.8 Å². The minimum absolute atomic E-state index is 0.255. The van der Waals surface area contributed by atoms with E-state index in [1.54, 1.807) is 7.11 Å². The molecule has 0 fully saturated rings. The summed E-state index contributed by atoms with van der Waals surface area (Å²) in [6, 6.07) is 4.14. The maximum absolute atomic E-state index is 5.39. The summed E-state index contributed by atoms with van der Waals surface area (Å²) in [6.07, 6.45) is 3.03. The van der Waals surface area contributed by atoms with E-state index in [4.69, 9.17) is 4.74 Å². The Kier molecular flexibility index (Phi) is 7.13. The molecule has 0 aliphatic heterocycles. The van der Waals surface area contributed by atoms with Gasteiger partial charge in [-0.1, -0.05) is 20.8 Å². The molecule has 0 amide bonds. The quantitative estimate of drug-likeness (QED) is 0.784. The van der Waals surface area contributed by atoms with Crippen LogP contribution in [-0.4, -0.2) is 29.6 Å². The maximum atomic E-state index is 5.39. The van der Waals surface area contributed by atoms with Gasteiger partial charge in [0, 0.05) is 17.2 Å². The number of hydrogen-bond acceptors (Lipinski definition) is 4. The minimum Gasteiger partial charge on any atom is -0.495 e. The van der Waals surface area contributed by atoms with Crippen molar-refractivity contribution in [3.63, 3.8) is 0 Å². The number of methoxy groups -OCH3 is 1. The summed E-state index contributed by atoms with van der Waals surface area (Å²) in [5.41, 5.74) is 1.01. The molecule has 1 aromatic heterocycles. The Bertz CT molecular complexity index is 346. The van der Waals surface area contributed by atoms with Crippen LogP contribution in [0.3, 0.4) is 0 Å². The van der Waals surface area contributed by atoms with Gasteiger partial charge in [0.1, 0.15) is 5.75 Å². The zero-order chi connectivity index (χ0) is 13.4. The molecule has 2 unspecified atom stereocenters. The molecule has 0 radical (unpaired) electrons. The summed E-state index contributed by atoms with van der Waals surface area (Å²) in [7, 11) is 1.70. The molecular formula is C14H24N2OS. The Labute approximate surface area is 115 Å². The highest BCUT2D eigenvalue weighted by atomic mass is 32.2. The van der Waals surface area contributed by atoms with Crippen molar-refractivity contribution in [3.05, 3.63) is 24.0 Å². The average molecular weight is 268 g/mol. The Hall–Kier alpha value is -0.740. The maximum Gasteiger partial charge on any atom is 0.142 e. The first-order valence-electron chi connectivity index (χ1n) is 6.56. The molecule has 0 saturated heterocycles. The van der Waals surface area contributed by atoms with Gasteiger partial charge in [-0.05, 0) is 25.1 Å². The third-order valence-electron chi connectivity index (χ3n) is 2.92. The molecule has 2 atom stereocenters. The Morgan fingerprint density at radius 2 is 2.22 bits per heavy atom. The van der Waals surface area contributed by atoms with E-state index in [9.17, 15) is 0 Å². The number of nitrogens with zero attached hydrogens (tertiary/aromatic N) is 1. The number of aromatic nitrogens is 1. The molecule has 0 aromatic carbocycles. The minimum atomic E-state index is 0.255. The highest BCUT2D eigenvalue weighted by molar-refractivity contribution is 7.99. The van der Waals surface area contributed by atoms with Crippen molar-refractivity contribution in [1.82, 2.24) is 10.3 Å². The highest BCUT2D eigenvalue weighted by Crippen LogP contribution is 2.27. The van der Waals surface area contributed by atoms with Crippen LogP contribution in [0.1, 0.15) is 38.9 Å². The lowest BCUT2D eigenvalue weighted by molar-refractivity contribution is 0.398. The number of ether oxygens (including phenoxy) is 1. The lowest BCUT2D eigenvalue weighted by atomic mass is 10.2. The fraction of sp³-hybridized carbons (Fsp3) is 0.643. The average Bonchev–Trinajstić information content (AvgIpc) is 2.43. The van der Waals surface area contributed by atoms with Crippen molar-refractivity contribution in [2.75, 3.05) is 19.4 Å². The summed E-state index contributed by atoms with van der Waals surface area (Å²) >= 11 is 1.98. The molecule has 0 aliphatic carbocycles. The zero-order valence-electron chi connectivity index (χ0n) is 11.8. The number of rotatable bonds is 8. The van der Waals surface area contributed by atoms with Gasteiger partial charge < -0.3 is 10.1 Å². The van der Waals surface area contributed by atoms with Crippen molar-refractivity contribution in [2.24, 2.45) is 0 Å². The molecule has 0 saturated carbocycles. The molecule has 1 heterocycles. The summed E-state index contributed by atoms with van der Waals surface area (Å²) in [5.74, 6) is 1.89. The third-order valence-corrected chi connectivity index (χ3v) is 4.35. The second kappa shape index (κ2) is 8.38. The van der Waals surface area contributed by atoms with Crippen LogP contribution in [0.2, 0.25) is 0 Å². The van der Waals surface area contributed by atoms with Crippen LogP contribution in [0.4, 0.5) is 0 Å². The fourth-order valence-electron chi connectivity index (χ4n) is 1.70. The van der Waals surface area contributed by atoms with Crippen molar-refractivity contribution in [2.45, 2.75) is 38.5 Å². The molecule has 0 spiro atoms. The van der Waals surface area contributed by atoms with E-state index in [1.807, 2.05) is 30.1 Å². The fourth-order valence-corrected chi connectivity index (χ4v) is 2.73. The lowest BCUT2D eigenvalue weighted by Gasteiger charge is -2.20. The first kappa shape index (κ1) is 15.3. The molecule has 3 nitrogen and oxygen atoms in total. The zero-order valence-corrected chi connectivity index (χ0v) is 12.6. The van der Waals surface area contributed by atoms with E-state index in [1.165, 1.54) is 6.42 Å². The van der Waals surface area contributed by atoms with E-state index in [0.717, 1.165) is 23.7 Å². The van der Waals surface area contributed by atoms with E-state index in [2.05, 4.69) is 31.1 Å². The van der Waals surface area contributed by atoms with Gasteiger partial charge in [-0.25, -0.2) is 0 Å². The summed E-state index contributed by atoms with van der Waals surface area (Å²) in [6.45, 7) is 7.55. The number of nitrogens with one attached hydrogen (secondary N) is 1. The second-order valence-corrected chi connectivity index (χ2v) is 5.72. The molecule has 1 N–H and O–H groups in total. The monoisotopic (exact) mass is 268 g/mol. The first-order chi connectivity index (χ1) is 8.72. The Morgan fingerprint density at radius 1 is 1.44 bits per heavy atom. The van der Waals surface area contributed by atoms with E-state index in [0.29, 0.717) is 5.25 Å². The van der Waals surface area contributed by atoms with Crippen LogP contribution >= 0.6 is 11.8 Å². The largest absolute Gasteiger partial charge is 0.495 e. The normalized spacial score (nSPS) is 14.2. The van der Waals surface area contributed by atoms with Gasteiger partial charge in [0.25, 0.3) is 0 Å². The molecule has 0 bridgehead atoms. The van der Waals surface area contributed by atoms with E-state index in [-0.39, 0.29) is 6.04 Å². The van der Waals surface area contributed by atoms with Crippen LogP contribution in [-0.2, 0) is 0 Å². The second-order valence-electron chi connectivity index (χ2n) is 4.25. The molecular weight excluding hydrogens is 244 g/mol. The summed E-state index contributed by atoms with van der Waals surface area (Å²) in [5, 5.41) is 4.17. The van der Waals surface area contributed by atoms with Crippen LogP contribution in [0.5, 0.6) is 5.75 Å². The number of thioether (sulfide) groups is 1. The molecule has 1 rings (SSSR count). The highest BCUT2D eigenvalue weighted by Gasteiger charge is 2.17. The van der Waals surface area contributed by atoms with Gasteiger partial charge in [-0.3, -0.25) is 4.98 Å². The van der Waals surface area contributed by atoms with Gasteiger partial charge in [-0.15, -0.1) is 0 Å².